The van der Waals surface area contributed by atoms with E-state index < -0.39 is 0 Å². The zero-order valence-corrected chi connectivity index (χ0v) is 19.6. The van der Waals surface area contributed by atoms with E-state index in [1.165, 1.54) is 32.1 Å². The standard InChI is InChI=1S/C22H32N4O2.HI/c1-2-23-22(24-14-9-15-27-20-12-7-4-8-13-20)25-16-19-17-28-21(26-19)18-10-5-3-6-11-18;/h3,5-6,10-11,17,20H,2,4,7-9,12-16H2,1H3,(H2,23,24,25);1H. The van der Waals surface area contributed by atoms with Crippen molar-refractivity contribution in [1.29, 1.82) is 0 Å². The SMILES string of the molecule is CCNC(=NCc1coc(-c2ccccc2)n1)NCCCOC1CCCCC1.I. The van der Waals surface area contributed by atoms with Crippen molar-refractivity contribution in [3.63, 3.8) is 0 Å². The first kappa shape index (κ1) is 23.7. The Kier molecular flexibility index (Phi) is 11.1. The van der Waals surface area contributed by atoms with E-state index in [-0.39, 0.29) is 24.0 Å². The number of aromatic nitrogens is 1. The maximum Gasteiger partial charge on any atom is 0.226 e. The third-order valence-corrected chi connectivity index (χ3v) is 4.84. The van der Waals surface area contributed by atoms with Gasteiger partial charge in [-0.15, -0.1) is 24.0 Å². The third kappa shape index (κ3) is 8.34. The second kappa shape index (κ2) is 13.6. The Morgan fingerprint density at radius 1 is 1.17 bits per heavy atom. The van der Waals surface area contributed by atoms with E-state index in [4.69, 9.17) is 9.15 Å². The molecule has 1 aliphatic rings. The van der Waals surface area contributed by atoms with Gasteiger partial charge in [-0.25, -0.2) is 9.98 Å². The van der Waals surface area contributed by atoms with Crippen LogP contribution >= 0.6 is 24.0 Å². The maximum absolute atomic E-state index is 5.98. The second-order valence-corrected chi connectivity index (χ2v) is 7.12. The molecule has 6 nitrogen and oxygen atoms in total. The summed E-state index contributed by atoms with van der Waals surface area (Å²) in [5, 5.41) is 6.64. The minimum atomic E-state index is 0. The molecule has 1 saturated carbocycles. The summed E-state index contributed by atoms with van der Waals surface area (Å²) in [6.45, 7) is 5.00. The van der Waals surface area contributed by atoms with Gasteiger partial charge in [0, 0.05) is 25.3 Å². The van der Waals surface area contributed by atoms with E-state index in [0.29, 0.717) is 18.5 Å². The summed E-state index contributed by atoms with van der Waals surface area (Å²) in [4.78, 5) is 9.13. The molecule has 1 aromatic heterocycles. The average molecular weight is 512 g/mol. The lowest BCUT2D eigenvalue weighted by Gasteiger charge is -2.22. The molecule has 0 atom stereocenters. The molecule has 3 rings (SSSR count). The highest BCUT2D eigenvalue weighted by atomic mass is 127. The number of nitrogens with zero attached hydrogens (tertiary/aromatic N) is 2. The van der Waals surface area contributed by atoms with Crippen molar-refractivity contribution in [2.75, 3.05) is 19.7 Å². The van der Waals surface area contributed by atoms with Gasteiger partial charge in [-0.3, -0.25) is 0 Å². The number of oxazole rings is 1. The Morgan fingerprint density at radius 3 is 2.72 bits per heavy atom. The van der Waals surface area contributed by atoms with Gasteiger partial charge < -0.3 is 19.8 Å². The number of hydrogen-bond acceptors (Lipinski definition) is 4. The molecule has 2 N–H and O–H groups in total. The number of rotatable bonds is 9. The van der Waals surface area contributed by atoms with Crippen LogP contribution in [0.1, 0.15) is 51.1 Å². The summed E-state index contributed by atoms with van der Waals surface area (Å²) in [5.41, 5.74) is 1.79. The zero-order chi connectivity index (χ0) is 19.4. The molecule has 29 heavy (non-hydrogen) atoms. The van der Waals surface area contributed by atoms with Crippen molar-refractivity contribution < 1.29 is 9.15 Å². The largest absolute Gasteiger partial charge is 0.444 e. The molecule has 1 heterocycles. The van der Waals surface area contributed by atoms with Crippen molar-refractivity contribution in [3.05, 3.63) is 42.3 Å². The van der Waals surface area contributed by atoms with Crippen molar-refractivity contribution in [1.82, 2.24) is 15.6 Å². The molecule has 0 unspecified atom stereocenters. The van der Waals surface area contributed by atoms with Crippen molar-refractivity contribution >= 4 is 29.9 Å². The Morgan fingerprint density at radius 2 is 1.97 bits per heavy atom. The molecule has 160 valence electrons. The van der Waals surface area contributed by atoms with E-state index in [1.54, 1.807) is 6.26 Å². The fourth-order valence-corrected chi connectivity index (χ4v) is 3.36. The summed E-state index contributed by atoms with van der Waals surface area (Å²) in [6.07, 6.45) is 9.56. The van der Waals surface area contributed by atoms with Crippen LogP contribution in [0.5, 0.6) is 0 Å². The Bertz CT molecular complexity index is 715. The number of aliphatic imine (C=N–C) groups is 1. The molecule has 7 heteroatoms. The van der Waals surface area contributed by atoms with E-state index in [1.807, 2.05) is 30.3 Å². The van der Waals surface area contributed by atoms with Crippen molar-refractivity contribution in [2.24, 2.45) is 4.99 Å². The van der Waals surface area contributed by atoms with E-state index >= 15 is 0 Å². The molecule has 0 radical (unpaired) electrons. The lowest BCUT2D eigenvalue weighted by molar-refractivity contribution is 0.0277. The molecule has 1 aromatic carbocycles. The van der Waals surface area contributed by atoms with Gasteiger partial charge in [-0.2, -0.15) is 0 Å². The van der Waals surface area contributed by atoms with Crippen LogP contribution in [0, 0.1) is 0 Å². The average Bonchev–Trinajstić information content (AvgIpc) is 3.22. The van der Waals surface area contributed by atoms with Crippen LogP contribution in [0.25, 0.3) is 11.5 Å². The molecule has 0 spiro atoms. The molecule has 2 aromatic rings. The van der Waals surface area contributed by atoms with Crippen LogP contribution in [0.15, 0.2) is 46.0 Å². The van der Waals surface area contributed by atoms with Crippen LogP contribution in [-0.2, 0) is 11.3 Å². The first-order valence-corrected chi connectivity index (χ1v) is 10.5. The van der Waals surface area contributed by atoms with Crippen LogP contribution < -0.4 is 10.6 Å². The van der Waals surface area contributed by atoms with E-state index in [9.17, 15) is 0 Å². The topological polar surface area (TPSA) is 71.7 Å². The summed E-state index contributed by atoms with van der Waals surface area (Å²) in [6, 6.07) is 9.90. The second-order valence-electron chi connectivity index (χ2n) is 7.12. The third-order valence-electron chi connectivity index (χ3n) is 4.84. The van der Waals surface area contributed by atoms with Gasteiger partial charge in [0.05, 0.1) is 12.6 Å². The fraction of sp³-hybridized carbons (Fsp3) is 0.545. The molecule has 1 aliphatic carbocycles. The highest BCUT2D eigenvalue weighted by Crippen LogP contribution is 2.20. The molecule has 1 fully saturated rings. The van der Waals surface area contributed by atoms with Gasteiger partial charge in [0.2, 0.25) is 5.89 Å². The Labute approximate surface area is 190 Å². The normalized spacial score (nSPS) is 15.0. The predicted molar refractivity (Wildman–Crippen MR) is 128 cm³/mol. The quantitative estimate of drug-likeness (QED) is 0.220. The molecular weight excluding hydrogens is 479 g/mol. The van der Waals surface area contributed by atoms with Crippen molar-refractivity contribution in [2.45, 2.75) is 58.1 Å². The number of hydrogen-bond donors (Lipinski definition) is 2. The highest BCUT2D eigenvalue weighted by Gasteiger charge is 2.13. The summed E-state index contributed by atoms with van der Waals surface area (Å²) in [7, 11) is 0. The first-order valence-electron chi connectivity index (χ1n) is 10.5. The summed E-state index contributed by atoms with van der Waals surface area (Å²) < 4.78 is 11.6. The Balaban J connectivity index is 0.00000300. The molecule has 0 bridgehead atoms. The van der Waals surface area contributed by atoms with Crippen LogP contribution in [0.4, 0.5) is 0 Å². The maximum atomic E-state index is 5.98. The number of ether oxygens (including phenoxy) is 1. The smallest absolute Gasteiger partial charge is 0.226 e. The summed E-state index contributed by atoms with van der Waals surface area (Å²) in [5.74, 6) is 1.42. The van der Waals surface area contributed by atoms with E-state index in [2.05, 4.69) is 27.5 Å². The Hall–Kier alpha value is -1.61. The monoisotopic (exact) mass is 512 g/mol. The number of halogens is 1. The van der Waals surface area contributed by atoms with Crippen LogP contribution in [0.2, 0.25) is 0 Å². The lowest BCUT2D eigenvalue weighted by Crippen LogP contribution is -2.38. The van der Waals surface area contributed by atoms with E-state index in [0.717, 1.165) is 43.3 Å². The molecule has 0 amide bonds. The zero-order valence-electron chi connectivity index (χ0n) is 17.2. The van der Waals surface area contributed by atoms with Gasteiger partial charge >= 0.3 is 0 Å². The van der Waals surface area contributed by atoms with Crippen LogP contribution in [0.3, 0.4) is 0 Å². The predicted octanol–water partition coefficient (Wildman–Crippen LogP) is 4.75. The summed E-state index contributed by atoms with van der Waals surface area (Å²) >= 11 is 0. The fourth-order valence-electron chi connectivity index (χ4n) is 3.36. The van der Waals surface area contributed by atoms with Gasteiger partial charge in [-0.05, 0) is 38.3 Å². The van der Waals surface area contributed by atoms with Gasteiger partial charge in [0.25, 0.3) is 0 Å². The van der Waals surface area contributed by atoms with Crippen LogP contribution in [-0.4, -0.2) is 36.7 Å². The minimum Gasteiger partial charge on any atom is -0.444 e. The van der Waals surface area contributed by atoms with Gasteiger partial charge in [0.1, 0.15) is 12.0 Å². The van der Waals surface area contributed by atoms with Gasteiger partial charge in [0.15, 0.2) is 5.96 Å². The lowest BCUT2D eigenvalue weighted by atomic mass is 9.98. The van der Waals surface area contributed by atoms with Gasteiger partial charge in [-0.1, -0.05) is 37.5 Å². The number of nitrogens with one attached hydrogen (secondary N) is 2. The molecular formula is C22H33IN4O2. The van der Waals surface area contributed by atoms with Crippen molar-refractivity contribution in [3.8, 4) is 11.5 Å². The number of benzene rings is 1. The molecule has 0 aliphatic heterocycles. The minimum absolute atomic E-state index is 0. The number of guanidine groups is 1. The highest BCUT2D eigenvalue weighted by molar-refractivity contribution is 14.0. The first-order chi connectivity index (χ1) is 13.8. The molecule has 0 saturated heterocycles.